The normalized spacial score (nSPS) is 45.0. The highest BCUT2D eigenvalue weighted by atomic mass is 31.1. The third-order valence-corrected chi connectivity index (χ3v) is 8.39. The average Bonchev–Trinajstić information content (AvgIpc) is 1.92. The van der Waals surface area contributed by atoms with E-state index in [1.54, 1.807) is 37.0 Å². The van der Waals surface area contributed by atoms with Gasteiger partial charge in [-0.2, -0.15) is 0 Å². The van der Waals surface area contributed by atoms with Gasteiger partial charge in [-0.3, -0.25) is 0 Å². The monoisotopic (exact) mass is 146 g/mol. The molecule has 3 aliphatic rings. The summed E-state index contributed by atoms with van der Waals surface area (Å²) in [5.41, 5.74) is 0. The SMILES string of the molecule is C1CP2CCP1CC2. The number of hydrogen-bond donors (Lipinski definition) is 0. The predicted octanol–water partition coefficient (Wildman–Crippen LogP) is 1.98. The van der Waals surface area contributed by atoms with E-state index in [0.29, 0.717) is 15.8 Å². The first-order valence-corrected chi connectivity index (χ1v) is 7.19. The molecule has 3 heterocycles. The van der Waals surface area contributed by atoms with Crippen LogP contribution in [-0.2, 0) is 0 Å². The van der Waals surface area contributed by atoms with Crippen LogP contribution < -0.4 is 0 Å². The second-order valence-electron chi connectivity index (χ2n) is 2.68. The summed E-state index contributed by atoms with van der Waals surface area (Å²) in [4.78, 5) is 0. The minimum Gasteiger partial charge on any atom is -0.106 e. The number of fused-ring (bicyclic) bond motifs is 3. The Kier molecular flexibility index (Phi) is 1.57. The van der Waals surface area contributed by atoms with Crippen LogP contribution in [-0.4, -0.2) is 37.0 Å². The third kappa shape index (κ3) is 0.937. The molecular weight excluding hydrogens is 134 g/mol. The zero-order valence-electron chi connectivity index (χ0n) is 5.14. The minimum atomic E-state index is 0.613. The molecule has 8 heavy (non-hydrogen) atoms. The Bertz CT molecular complexity index is 61.5. The highest BCUT2D eigenvalue weighted by Crippen LogP contribution is 2.57. The Balaban J connectivity index is 2.03. The largest absolute Gasteiger partial charge is 0.106 e. The molecule has 0 amide bonds. The van der Waals surface area contributed by atoms with E-state index in [1.165, 1.54) is 0 Å². The smallest absolute Gasteiger partial charge is 0.0286 e. The number of rotatable bonds is 0. The van der Waals surface area contributed by atoms with Crippen molar-refractivity contribution >= 4 is 15.8 Å². The molecule has 0 aromatic heterocycles. The van der Waals surface area contributed by atoms with E-state index >= 15 is 0 Å². The van der Waals surface area contributed by atoms with Gasteiger partial charge in [-0.1, -0.05) is 0 Å². The summed E-state index contributed by atoms with van der Waals surface area (Å²) >= 11 is 0. The Morgan fingerprint density at radius 1 is 0.500 bits per heavy atom. The molecule has 2 heteroatoms. The highest BCUT2D eigenvalue weighted by Gasteiger charge is 2.25. The first-order chi connectivity index (χ1) is 3.95. The molecule has 2 bridgehead atoms. The van der Waals surface area contributed by atoms with Crippen LogP contribution in [0, 0.1) is 0 Å². The lowest BCUT2D eigenvalue weighted by molar-refractivity contribution is 1.23. The summed E-state index contributed by atoms with van der Waals surface area (Å²) in [7, 11) is 1.23. The minimum absolute atomic E-state index is 0.613. The van der Waals surface area contributed by atoms with Crippen molar-refractivity contribution in [3.05, 3.63) is 0 Å². The first-order valence-electron chi connectivity index (χ1n) is 3.40. The fourth-order valence-electron chi connectivity index (χ4n) is 1.52. The molecule has 0 radical (unpaired) electrons. The summed E-state index contributed by atoms with van der Waals surface area (Å²) < 4.78 is 0. The van der Waals surface area contributed by atoms with Gasteiger partial charge in [-0.05, 0) is 37.0 Å². The van der Waals surface area contributed by atoms with E-state index in [2.05, 4.69) is 0 Å². The Labute approximate surface area is 53.6 Å². The Morgan fingerprint density at radius 2 is 0.750 bits per heavy atom. The van der Waals surface area contributed by atoms with Crippen LogP contribution in [0.5, 0.6) is 0 Å². The van der Waals surface area contributed by atoms with Gasteiger partial charge in [0.15, 0.2) is 0 Å². The summed E-state index contributed by atoms with van der Waals surface area (Å²) in [5.74, 6) is 0. The molecule has 0 aromatic rings. The fraction of sp³-hybridized carbons (Fsp3) is 1.00. The lowest BCUT2D eigenvalue weighted by atomic mass is 10.9. The summed E-state index contributed by atoms with van der Waals surface area (Å²) in [6.07, 6.45) is 9.92. The molecule has 0 N–H and O–H groups in total. The average molecular weight is 146 g/mol. The van der Waals surface area contributed by atoms with Crippen LogP contribution in [0.4, 0.5) is 0 Å². The molecule has 0 unspecified atom stereocenters. The summed E-state index contributed by atoms with van der Waals surface area (Å²) in [6, 6.07) is 0. The molecule has 0 nitrogen and oxygen atoms in total. The third-order valence-electron chi connectivity index (χ3n) is 2.20. The lowest BCUT2D eigenvalue weighted by Crippen LogP contribution is -2.19. The van der Waals surface area contributed by atoms with Gasteiger partial charge >= 0.3 is 0 Å². The van der Waals surface area contributed by atoms with Gasteiger partial charge in [0.1, 0.15) is 0 Å². The zero-order valence-corrected chi connectivity index (χ0v) is 6.93. The van der Waals surface area contributed by atoms with E-state index in [1.807, 2.05) is 0 Å². The standard InChI is InChI=1S/C6H12P2/c1-2-8-5-3-7(1)4-6-8/h1-6H2. The van der Waals surface area contributed by atoms with E-state index in [9.17, 15) is 0 Å². The lowest BCUT2D eigenvalue weighted by Gasteiger charge is -2.36. The maximum atomic E-state index is 1.65. The molecule has 3 saturated heterocycles. The molecule has 0 aromatic carbocycles. The Morgan fingerprint density at radius 3 is 0.875 bits per heavy atom. The molecule has 0 saturated carbocycles. The summed E-state index contributed by atoms with van der Waals surface area (Å²) in [5, 5.41) is 0. The highest BCUT2D eigenvalue weighted by molar-refractivity contribution is 7.69. The van der Waals surface area contributed by atoms with Crippen LogP contribution in [0.3, 0.4) is 0 Å². The van der Waals surface area contributed by atoms with Crippen LogP contribution in [0.15, 0.2) is 0 Å². The van der Waals surface area contributed by atoms with Crippen molar-refractivity contribution in [2.24, 2.45) is 0 Å². The van der Waals surface area contributed by atoms with Crippen LogP contribution >= 0.6 is 15.8 Å². The van der Waals surface area contributed by atoms with Gasteiger partial charge in [0, 0.05) is 0 Å². The van der Waals surface area contributed by atoms with Gasteiger partial charge < -0.3 is 0 Å². The van der Waals surface area contributed by atoms with Crippen molar-refractivity contribution < 1.29 is 0 Å². The van der Waals surface area contributed by atoms with Gasteiger partial charge in [0.25, 0.3) is 0 Å². The fourth-order valence-corrected chi connectivity index (χ4v) is 9.65. The van der Waals surface area contributed by atoms with Crippen LogP contribution in [0.1, 0.15) is 0 Å². The van der Waals surface area contributed by atoms with Crippen molar-refractivity contribution in [1.82, 2.24) is 0 Å². The second kappa shape index (κ2) is 2.24. The van der Waals surface area contributed by atoms with E-state index in [4.69, 9.17) is 0 Å². The van der Waals surface area contributed by atoms with Gasteiger partial charge in [0.05, 0.1) is 0 Å². The van der Waals surface area contributed by atoms with Gasteiger partial charge in [-0.25, -0.2) is 0 Å². The summed E-state index contributed by atoms with van der Waals surface area (Å²) in [6.45, 7) is 0. The molecule has 0 aliphatic carbocycles. The van der Waals surface area contributed by atoms with Crippen LogP contribution in [0.2, 0.25) is 0 Å². The number of hydrogen-bond acceptors (Lipinski definition) is 0. The van der Waals surface area contributed by atoms with Crippen molar-refractivity contribution in [2.45, 2.75) is 0 Å². The topological polar surface area (TPSA) is 0 Å². The molecule has 46 valence electrons. The van der Waals surface area contributed by atoms with Crippen molar-refractivity contribution in [2.75, 3.05) is 37.0 Å². The maximum absolute atomic E-state index is 1.65. The maximum Gasteiger partial charge on any atom is -0.0286 e. The first kappa shape index (κ1) is 5.63. The molecule has 3 fully saturated rings. The quantitative estimate of drug-likeness (QED) is 0.458. The van der Waals surface area contributed by atoms with E-state index in [-0.39, 0.29) is 0 Å². The van der Waals surface area contributed by atoms with Gasteiger partial charge in [-0.15, -0.1) is 15.8 Å². The van der Waals surface area contributed by atoms with Crippen molar-refractivity contribution in [3.8, 4) is 0 Å². The van der Waals surface area contributed by atoms with Crippen molar-refractivity contribution in [3.63, 3.8) is 0 Å². The van der Waals surface area contributed by atoms with E-state index < -0.39 is 0 Å². The van der Waals surface area contributed by atoms with E-state index in [0.717, 1.165) is 0 Å². The molecular formula is C6H12P2. The predicted molar refractivity (Wildman–Crippen MR) is 43.0 cm³/mol. The molecule has 3 rings (SSSR count). The second-order valence-corrected chi connectivity index (χ2v) is 8.05. The van der Waals surface area contributed by atoms with Crippen molar-refractivity contribution in [1.29, 1.82) is 0 Å². The molecule has 0 atom stereocenters. The zero-order chi connectivity index (χ0) is 5.40. The van der Waals surface area contributed by atoms with Crippen LogP contribution in [0.25, 0.3) is 0 Å². The Hall–Kier alpha value is 0.860. The molecule has 0 spiro atoms. The van der Waals surface area contributed by atoms with Gasteiger partial charge in [0.2, 0.25) is 0 Å². The molecule has 3 aliphatic heterocycles.